The van der Waals surface area contributed by atoms with E-state index < -0.39 is 0 Å². The molecule has 1 aromatic carbocycles. The average Bonchev–Trinajstić information content (AvgIpc) is 2.69. The lowest BCUT2D eigenvalue weighted by molar-refractivity contribution is 0.104. The highest BCUT2D eigenvalue weighted by molar-refractivity contribution is 7.13. The van der Waals surface area contributed by atoms with E-state index in [-0.39, 0.29) is 5.78 Å². The maximum atomic E-state index is 12.5. The minimum Gasteiger partial charge on any atom is -0.496 e. The summed E-state index contributed by atoms with van der Waals surface area (Å²) in [5, 5.41) is 2.46. The van der Waals surface area contributed by atoms with Crippen molar-refractivity contribution >= 4 is 28.7 Å². The molecule has 0 fully saturated rings. The number of rotatable bonds is 3. The molecular weight excluding hydrogens is 280 g/mol. The molecule has 2 nitrogen and oxygen atoms in total. The van der Waals surface area contributed by atoms with Crippen LogP contribution in [-0.4, -0.2) is 12.9 Å². The number of benzene rings is 1. The van der Waals surface area contributed by atoms with Crippen molar-refractivity contribution in [3.63, 3.8) is 0 Å². The summed E-state index contributed by atoms with van der Waals surface area (Å²) in [5.41, 5.74) is 3.50. The van der Waals surface area contributed by atoms with Crippen molar-refractivity contribution in [2.24, 2.45) is 0 Å². The van der Waals surface area contributed by atoms with Gasteiger partial charge in [0.15, 0.2) is 0 Å². The van der Waals surface area contributed by atoms with Gasteiger partial charge in [0.2, 0.25) is 5.78 Å². The molecule has 0 unspecified atom stereocenters. The van der Waals surface area contributed by atoms with Crippen LogP contribution in [0.15, 0.2) is 17.5 Å². The van der Waals surface area contributed by atoms with Crippen LogP contribution in [0.3, 0.4) is 0 Å². The Balaban J connectivity index is 2.48. The van der Waals surface area contributed by atoms with E-state index in [1.54, 1.807) is 7.11 Å². The molecule has 0 atom stereocenters. The Hall–Kier alpha value is -1.32. The molecule has 0 saturated heterocycles. The van der Waals surface area contributed by atoms with Gasteiger partial charge < -0.3 is 4.74 Å². The molecule has 0 aliphatic rings. The third-order valence-corrected chi connectivity index (χ3v) is 4.73. The molecule has 19 heavy (non-hydrogen) atoms. The highest BCUT2D eigenvalue weighted by Gasteiger charge is 2.18. The highest BCUT2D eigenvalue weighted by Crippen LogP contribution is 2.31. The smallest absolute Gasteiger partial charge is 0.204 e. The van der Waals surface area contributed by atoms with Gasteiger partial charge >= 0.3 is 0 Å². The number of thiophene rings is 1. The molecule has 1 heterocycles. The lowest BCUT2D eigenvalue weighted by Gasteiger charge is -2.10. The molecule has 0 amide bonds. The SMILES string of the molecule is COc1c(C)cc(C(=O)c2scc(C)c2Cl)cc1C. The van der Waals surface area contributed by atoms with Crippen LogP contribution in [0.5, 0.6) is 5.75 Å². The Morgan fingerprint density at radius 2 is 1.74 bits per heavy atom. The topological polar surface area (TPSA) is 26.3 Å². The predicted octanol–water partition coefficient (Wildman–Crippen LogP) is 4.57. The molecule has 0 saturated carbocycles. The third-order valence-electron chi connectivity index (χ3n) is 3.03. The van der Waals surface area contributed by atoms with E-state index in [1.807, 2.05) is 38.3 Å². The zero-order valence-corrected chi connectivity index (χ0v) is 12.9. The first-order valence-corrected chi connectivity index (χ1v) is 7.15. The fraction of sp³-hybridized carbons (Fsp3) is 0.267. The fourth-order valence-electron chi connectivity index (χ4n) is 2.12. The van der Waals surface area contributed by atoms with Gasteiger partial charge in [-0.1, -0.05) is 11.6 Å². The lowest BCUT2D eigenvalue weighted by Crippen LogP contribution is -2.02. The molecule has 100 valence electrons. The van der Waals surface area contributed by atoms with E-state index in [0.717, 1.165) is 22.4 Å². The summed E-state index contributed by atoms with van der Waals surface area (Å²) in [7, 11) is 1.64. The predicted molar refractivity (Wildman–Crippen MR) is 80.0 cm³/mol. The summed E-state index contributed by atoms with van der Waals surface area (Å²) < 4.78 is 5.31. The molecular formula is C15H15ClO2S. The number of methoxy groups -OCH3 is 1. The van der Waals surface area contributed by atoms with Crippen LogP contribution >= 0.6 is 22.9 Å². The van der Waals surface area contributed by atoms with E-state index >= 15 is 0 Å². The minimum atomic E-state index is -0.0306. The lowest BCUT2D eigenvalue weighted by atomic mass is 10.0. The molecule has 0 spiro atoms. The quantitative estimate of drug-likeness (QED) is 0.775. The van der Waals surface area contributed by atoms with Crippen LogP contribution in [0.1, 0.15) is 31.9 Å². The van der Waals surface area contributed by atoms with Crippen molar-refractivity contribution in [3.8, 4) is 5.75 Å². The zero-order chi connectivity index (χ0) is 14.2. The standard InChI is InChI=1S/C15H15ClO2S/c1-8-5-11(6-9(2)14(8)18-4)13(17)15-12(16)10(3)7-19-15/h5-7H,1-4H3. The molecule has 4 heteroatoms. The van der Waals surface area contributed by atoms with E-state index in [2.05, 4.69) is 0 Å². The maximum Gasteiger partial charge on any atom is 0.204 e. The van der Waals surface area contributed by atoms with Crippen molar-refractivity contribution in [3.05, 3.63) is 49.7 Å². The summed E-state index contributed by atoms with van der Waals surface area (Å²) in [6, 6.07) is 3.69. The van der Waals surface area contributed by atoms with Gasteiger partial charge in [0.05, 0.1) is 17.0 Å². The van der Waals surface area contributed by atoms with E-state index in [1.165, 1.54) is 11.3 Å². The molecule has 2 rings (SSSR count). The van der Waals surface area contributed by atoms with Crippen LogP contribution in [0.25, 0.3) is 0 Å². The first kappa shape index (κ1) is 14.1. The van der Waals surface area contributed by atoms with E-state index in [4.69, 9.17) is 16.3 Å². The Kier molecular flexibility index (Phi) is 3.97. The summed E-state index contributed by atoms with van der Waals surface area (Å²) in [6.45, 7) is 5.77. The van der Waals surface area contributed by atoms with Crippen LogP contribution in [-0.2, 0) is 0 Å². The Morgan fingerprint density at radius 3 is 2.16 bits per heavy atom. The van der Waals surface area contributed by atoms with Crippen LogP contribution in [0, 0.1) is 20.8 Å². The monoisotopic (exact) mass is 294 g/mol. The number of ketones is 1. The van der Waals surface area contributed by atoms with Gasteiger partial charge in [-0.05, 0) is 55.0 Å². The van der Waals surface area contributed by atoms with Crippen LogP contribution in [0.4, 0.5) is 0 Å². The van der Waals surface area contributed by atoms with Gasteiger partial charge in [0, 0.05) is 5.56 Å². The molecule has 0 N–H and O–H groups in total. The largest absolute Gasteiger partial charge is 0.496 e. The van der Waals surface area contributed by atoms with Crippen molar-refractivity contribution in [2.75, 3.05) is 7.11 Å². The van der Waals surface area contributed by atoms with Gasteiger partial charge in [-0.3, -0.25) is 4.79 Å². The van der Waals surface area contributed by atoms with Crippen molar-refractivity contribution in [2.45, 2.75) is 20.8 Å². The van der Waals surface area contributed by atoms with Crippen molar-refractivity contribution in [1.82, 2.24) is 0 Å². The second-order valence-electron chi connectivity index (χ2n) is 4.53. The van der Waals surface area contributed by atoms with Gasteiger partial charge in [0.1, 0.15) is 5.75 Å². The van der Waals surface area contributed by atoms with Crippen molar-refractivity contribution in [1.29, 1.82) is 0 Å². The molecule has 0 aliphatic carbocycles. The summed E-state index contributed by atoms with van der Waals surface area (Å²) in [4.78, 5) is 13.1. The van der Waals surface area contributed by atoms with Gasteiger partial charge in [-0.15, -0.1) is 11.3 Å². The average molecular weight is 295 g/mol. The summed E-state index contributed by atoms with van der Waals surface area (Å²) in [6.07, 6.45) is 0. The summed E-state index contributed by atoms with van der Waals surface area (Å²) in [5.74, 6) is 0.793. The van der Waals surface area contributed by atoms with Gasteiger partial charge in [-0.25, -0.2) is 0 Å². The Labute approximate surface area is 122 Å². The molecule has 2 aromatic rings. The number of ether oxygens (including phenoxy) is 1. The zero-order valence-electron chi connectivity index (χ0n) is 11.3. The number of hydrogen-bond acceptors (Lipinski definition) is 3. The number of carbonyl (C=O) groups excluding carboxylic acids is 1. The fourth-order valence-corrected chi connectivity index (χ4v) is 3.36. The van der Waals surface area contributed by atoms with Gasteiger partial charge in [0.25, 0.3) is 0 Å². The highest BCUT2D eigenvalue weighted by atomic mass is 35.5. The summed E-state index contributed by atoms with van der Waals surface area (Å²) >= 11 is 7.54. The first-order valence-electron chi connectivity index (χ1n) is 5.89. The first-order chi connectivity index (χ1) is 8.95. The minimum absolute atomic E-state index is 0.0306. The molecule has 0 bridgehead atoms. The number of halogens is 1. The Morgan fingerprint density at radius 1 is 1.16 bits per heavy atom. The number of carbonyl (C=O) groups is 1. The second kappa shape index (κ2) is 5.35. The Bertz CT molecular complexity index is 621. The third kappa shape index (κ3) is 2.53. The van der Waals surface area contributed by atoms with Crippen LogP contribution < -0.4 is 4.74 Å². The number of aryl methyl sites for hydroxylation is 3. The van der Waals surface area contributed by atoms with Gasteiger partial charge in [-0.2, -0.15) is 0 Å². The maximum absolute atomic E-state index is 12.5. The van der Waals surface area contributed by atoms with E-state index in [0.29, 0.717) is 15.5 Å². The normalized spacial score (nSPS) is 10.6. The van der Waals surface area contributed by atoms with Crippen molar-refractivity contribution < 1.29 is 9.53 Å². The number of hydrogen-bond donors (Lipinski definition) is 0. The van der Waals surface area contributed by atoms with Crippen LogP contribution in [0.2, 0.25) is 5.02 Å². The molecule has 0 aliphatic heterocycles. The molecule has 1 aromatic heterocycles. The second-order valence-corrected chi connectivity index (χ2v) is 5.79. The molecule has 0 radical (unpaired) electrons. The van der Waals surface area contributed by atoms with E-state index in [9.17, 15) is 4.79 Å².